The summed E-state index contributed by atoms with van der Waals surface area (Å²) in [5, 5.41) is 6.88. The minimum Gasteiger partial charge on any atom is -0.375 e. The lowest BCUT2D eigenvalue weighted by atomic mass is 10.1. The molecule has 0 aromatic carbocycles. The number of hydrogen-bond acceptors (Lipinski definition) is 4. The third kappa shape index (κ3) is 3.62. The molecule has 0 aliphatic carbocycles. The zero-order valence-corrected chi connectivity index (χ0v) is 11.0. The Labute approximate surface area is 111 Å². The van der Waals surface area contributed by atoms with Crippen molar-refractivity contribution in [1.82, 2.24) is 20.1 Å². The van der Waals surface area contributed by atoms with Gasteiger partial charge in [0.15, 0.2) is 0 Å². The molecule has 0 spiro atoms. The number of nitrogens with zero attached hydrogens (tertiary/aromatic N) is 3. The lowest BCUT2D eigenvalue weighted by molar-refractivity contribution is -0.124. The molecule has 19 heavy (non-hydrogen) atoms. The van der Waals surface area contributed by atoms with E-state index in [-0.39, 0.29) is 12.5 Å². The van der Waals surface area contributed by atoms with Gasteiger partial charge in [0.2, 0.25) is 5.91 Å². The van der Waals surface area contributed by atoms with Gasteiger partial charge in [-0.05, 0) is 11.6 Å². The van der Waals surface area contributed by atoms with Crippen molar-refractivity contribution in [2.75, 3.05) is 13.7 Å². The third-order valence-electron chi connectivity index (χ3n) is 2.60. The number of aromatic nitrogens is 3. The summed E-state index contributed by atoms with van der Waals surface area (Å²) >= 11 is 0. The van der Waals surface area contributed by atoms with E-state index in [4.69, 9.17) is 4.74 Å². The maximum Gasteiger partial charge on any atom is 0.246 e. The number of amides is 1. The molecule has 2 rings (SSSR count). The van der Waals surface area contributed by atoms with E-state index in [0.29, 0.717) is 6.54 Å². The lowest BCUT2D eigenvalue weighted by Gasteiger charge is -2.05. The first kappa shape index (κ1) is 13.2. The minimum atomic E-state index is -0.144. The van der Waals surface area contributed by atoms with E-state index < -0.39 is 0 Å². The molecule has 0 fully saturated rings. The predicted octanol–water partition coefficient (Wildman–Crippen LogP) is 0.745. The molecule has 1 N–H and O–H groups in total. The molecule has 1 amide bonds. The van der Waals surface area contributed by atoms with Crippen LogP contribution in [0.1, 0.15) is 5.56 Å². The Balaban J connectivity index is 2.05. The van der Waals surface area contributed by atoms with Crippen molar-refractivity contribution in [2.45, 2.75) is 6.54 Å². The SMILES string of the molecule is COCC(=O)NCc1cncc(-c2cnn(C)c2)c1. The Morgan fingerprint density at radius 1 is 1.37 bits per heavy atom. The maximum absolute atomic E-state index is 11.3. The summed E-state index contributed by atoms with van der Waals surface area (Å²) in [4.78, 5) is 15.5. The lowest BCUT2D eigenvalue weighted by Crippen LogP contribution is -2.26. The molecule has 2 aromatic heterocycles. The molecule has 100 valence electrons. The van der Waals surface area contributed by atoms with Crippen LogP contribution in [0.5, 0.6) is 0 Å². The summed E-state index contributed by atoms with van der Waals surface area (Å²) in [5.41, 5.74) is 2.91. The molecule has 0 unspecified atom stereocenters. The molecule has 0 radical (unpaired) electrons. The zero-order valence-electron chi connectivity index (χ0n) is 11.0. The Bertz CT molecular complexity index is 565. The molecule has 0 bridgehead atoms. The number of pyridine rings is 1. The topological polar surface area (TPSA) is 69.0 Å². The standard InChI is InChI=1S/C13H16N4O2/c1-17-8-12(7-16-17)11-3-10(4-14-6-11)5-15-13(18)9-19-2/h3-4,6-8H,5,9H2,1-2H3,(H,15,18). The van der Waals surface area contributed by atoms with Gasteiger partial charge in [0.1, 0.15) is 6.61 Å². The van der Waals surface area contributed by atoms with E-state index in [1.807, 2.05) is 19.3 Å². The zero-order chi connectivity index (χ0) is 13.7. The number of rotatable bonds is 5. The smallest absolute Gasteiger partial charge is 0.246 e. The number of ether oxygens (including phenoxy) is 1. The predicted molar refractivity (Wildman–Crippen MR) is 70.2 cm³/mol. The summed E-state index contributed by atoms with van der Waals surface area (Å²) < 4.78 is 6.49. The van der Waals surface area contributed by atoms with Crippen LogP contribution in [0.4, 0.5) is 0 Å². The molecular formula is C13H16N4O2. The van der Waals surface area contributed by atoms with Crippen LogP contribution in [0.25, 0.3) is 11.1 Å². The summed E-state index contributed by atoms with van der Waals surface area (Å²) in [5.74, 6) is -0.144. The minimum absolute atomic E-state index is 0.0652. The summed E-state index contributed by atoms with van der Waals surface area (Å²) in [6.45, 7) is 0.499. The van der Waals surface area contributed by atoms with E-state index in [1.54, 1.807) is 23.3 Å². The van der Waals surface area contributed by atoms with Crippen LogP contribution in [-0.2, 0) is 23.1 Å². The van der Waals surface area contributed by atoms with Crippen LogP contribution in [0, 0.1) is 0 Å². The van der Waals surface area contributed by atoms with Gasteiger partial charge in [-0.1, -0.05) is 0 Å². The van der Waals surface area contributed by atoms with Crippen molar-refractivity contribution in [3.8, 4) is 11.1 Å². The van der Waals surface area contributed by atoms with Gasteiger partial charge in [-0.2, -0.15) is 5.10 Å². The van der Waals surface area contributed by atoms with Crippen molar-refractivity contribution in [3.63, 3.8) is 0 Å². The van der Waals surface area contributed by atoms with Gasteiger partial charge in [0.25, 0.3) is 0 Å². The average Bonchev–Trinajstić information content (AvgIpc) is 2.84. The monoisotopic (exact) mass is 260 g/mol. The normalized spacial score (nSPS) is 10.4. The number of hydrogen-bond donors (Lipinski definition) is 1. The summed E-state index contributed by atoms with van der Waals surface area (Å²) in [6.07, 6.45) is 7.21. The number of carbonyl (C=O) groups excluding carboxylic acids is 1. The molecule has 0 saturated heterocycles. The van der Waals surface area contributed by atoms with Crippen molar-refractivity contribution in [1.29, 1.82) is 0 Å². The number of nitrogens with one attached hydrogen (secondary N) is 1. The highest BCUT2D eigenvalue weighted by Crippen LogP contribution is 2.18. The van der Waals surface area contributed by atoms with Crippen LogP contribution < -0.4 is 5.32 Å². The van der Waals surface area contributed by atoms with Crippen molar-refractivity contribution < 1.29 is 9.53 Å². The fraction of sp³-hybridized carbons (Fsp3) is 0.308. The Morgan fingerprint density at radius 3 is 2.89 bits per heavy atom. The van der Waals surface area contributed by atoms with Gasteiger partial charge in [-0.15, -0.1) is 0 Å². The quantitative estimate of drug-likeness (QED) is 0.861. The average molecular weight is 260 g/mol. The molecule has 0 saturated carbocycles. The maximum atomic E-state index is 11.3. The second kappa shape index (κ2) is 6.10. The first-order valence-corrected chi connectivity index (χ1v) is 5.87. The molecule has 0 aliphatic heterocycles. The van der Waals surface area contributed by atoms with E-state index in [2.05, 4.69) is 15.4 Å². The highest BCUT2D eigenvalue weighted by atomic mass is 16.5. The van der Waals surface area contributed by atoms with Gasteiger partial charge in [-0.3, -0.25) is 14.5 Å². The highest BCUT2D eigenvalue weighted by Gasteiger charge is 2.04. The fourth-order valence-corrected chi connectivity index (χ4v) is 1.70. The van der Waals surface area contributed by atoms with Crippen LogP contribution in [0.15, 0.2) is 30.9 Å². The van der Waals surface area contributed by atoms with E-state index in [9.17, 15) is 4.79 Å². The molecular weight excluding hydrogens is 244 g/mol. The molecule has 0 atom stereocenters. The van der Waals surface area contributed by atoms with Crippen LogP contribution in [0.2, 0.25) is 0 Å². The summed E-state index contributed by atoms with van der Waals surface area (Å²) in [6, 6.07) is 1.98. The van der Waals surface area contributed by atoms with Gasteiger partial charge < -0.3 is 10.1 Å². The van der Waals surface area contributed by atoms with E-state index in [1.165, 1.54) is 7.11 Å². The van der Waals surface area contributed by atoms with Crippen LogP contribution in [-0.4, -0.2) is 34.4 Å². The van der Waals surface area contributed by atoms with Gasteiger partial charge >= 0.3 is 0 Å². The fourth-order valence-electron chi connectivity index (χ4n) is 1.70. The summed E-state index contributed by atoms with van der Waals surface area (Å²) in [7, 11) is 3.36. The Morgan fingerprint density at radius 2 is 2.21 bits per heavy atom. The van der Waals surface area contributed by atoms with Crippen LogP contribution >= 0.6 is 0 Å². The molecule has 6 heteroatoms. The highest BCUT2D eigenvalue weighted by molar-refractivity contribution is 5.77. The number of methoxy groups -OCH3 is 1. The first-order valence-electron chi connectivity index (χ1n) is 5.87. The molecule has 2 heterocycles. The second-order valence-corrected chi connectivity index (χ2v) is 4.19. The Hall–Kier alpha value is -2.21. The van der Waals surface area contributed by atoms with Crippen molar-refractivity contribution in [3.05, 3.63) is 36.4 Å². The third-order valence-corrected chi connectivity index (χ3v) is 2.60. The molecule has 2 aromatic rings. The van der Waals surface area contributed by atoms with Gasteiger partial charge in [0, 0.05) is 50.4 Å². The Kier molecular flexibility index (Phi) is 4.25. The largest absolute Gasteiger partial charge is 0.375 e. The van der Waals surface area contributed by atoms with E-state index >= 15 is 0 Å². The first-order chi connectivity index (χ1) is 9.19. The van der Waals surface area contributed by atoms with Gasteiger partial charge in [0.05, 0.1) is 6.20 Å². The molecule has 0 aliphatic rings. The van der Waals surface area contributed by atoms with Crippen LogP contribution in [0.3, 0.4) is 0 Å². The van der Waals surface area contributed by atoms with E-state index in [0.717, 1.165) is 16.7 Å². The number of aryl methyl sites for hydroxylation is 1. The van der Waals surface area contributed by atoms with Crippen molar-refractivity contribution >= 4 is 5.91 Å². The van der Waals surface area contributed by atoms with Crippen molar-refractivity contribution in [2.24, 2.45) is 7.05 Å². The number of carbonyl (C=O) groups is 1. The second-order valence-electron chi connectivity index (χ2n) is 4.19. The molecule has 6 nitrogen and oxygen atoms in total. The van der Waals surface area contributed by atoms with Gasteiger partial charge in [-0.25, -0.2) is 0 Å².